The topological polar surface area (TPSA) is 62.0 Å². The fourth-order valence-corrected chi connectivity index (χ4v) is 2.29. The van der Waals surface area contributed by atoms with Crippen LogP contribution in [0.25, 0.3) is 0 Å². The lowest BCUT2D eigenvalue weighted by Crippen LogP contribution is -2.48. The summed E-state index contributed by atoms with van der Waals surface area (Å²) in [5.41, 5.74) is 1.08. The Bertz CT molecular complexity index is 482. The number of aryl methyl sites for hydroxylation is 1. The summed E-state index contributed by atoms with van der Waals surface area (Å²) in [5, 5.41) is 8.95. The zero-order valence-corrected chi connectivity index (χ0v) is 11.1. The van der Waals surface area contributed by atoms with Gasteiger partial charge >= 0.3 is 0 Å². The molecule has 1 aromatic rings. The fourth-order valence-electron chi connectivity index (χ4n) is 2.29. The predicted octanol–water partition coefficient (Wildman–Crippen LogP) is 1.66. The largest absolute Gasteiger partial charge is 0.377 e. The molecule has 0 bridgehead atoms. The highest BCUT2D eigenvalue weighted by Crippen LogP contribution is 2.26. The lowest BCUT2D eigenvalue weighted by Gasteiger charge is -2.39. The van der Waals surface area contributed by atoms with Crippen molar-refractivity contribution in [2.45, 2.75) is 32.3 Å². The quantitative estimate of drug-likeness (QED) is 0.794. The summed E-state index contributed by atoms with van der Waals surface area (Å²) in [6, 6.07) is 3.77. The maximum Gasteiger partial charge on any atom is 0.226 e. The molecule has 0 saturated carbocycles. The summed E-state index contributed by atoms with van der Waals surface area (Å²) in [6.45, 7) is 5.65. The van der Waals surface area contributed by atoms with Crippen molar-refractivity contribution in [1.82, 2.24) is 9.97 Å². The molecular weight excluding hydrogens is 228 g/mol. The first kappa shape index (κ1) is 12.8. The second-order valence-electron chi connectivity index (χ2n) is 4.99. The number of piperidine rings is 1. The number of methoxy groups -OCH3 is 1. The molecule has 2 heterocycles. The third-order valence-corrected chi connectivity index (χ3v) is 3.39. The highest BCUT2D eigenvalue weighted by atomic mass is 16.5. The number of ether oxygens (including phenoxy) is 1. The average molecular weight is 246 g/mol. The van der Waals surface area contributed by atoms with Crippen LogP contribution in [0.4, 0.5) is 5.95 Å². The molecule has 1 fully saturated rings. The van der Waals surface area contributed by atoms with Crippen LogP contribution in [0.15, 0.2) is 6.07 Å². The zero-order valence-electron chi connectivity index (χ0n) is 11.1. The Morgan fingerprint density at radius 1 is 1.50 bits per heavy atom. The minimum atomic E-state index is -0.155. The third kappa shape index (κ3) is 2.59. The molecule has 18 heavy (non-hydrogen) atoms. The van der Waals surface area contributed by atoms with Crippen molar-refractivity contribution in [3.05, 3.63) is 17.5 Å². The van der Waals surface area contributed by atoms with E-state index in [-0.39, 0.29) is 5.60 Å². The van der Waals surface area contributed by atoms with Gasteiger partial charge in [0, 0.05) is 25.9 Å². The van der Waals surface area contributed by atoms with Gasteiger partial charge in [0.1, 0.15) is 11.8 Å². The summed E-state index contributed by atoms with van der Waals surface area (Å²) in [7, 11) is 1.74. The Labute approximate surface area is 107 Å². The van der Waals surface area contributed by atoms with Crippen LogP contribution in [-0.4, -0.2) is 35.8 Å². The molecule has 1 aliphatic rings. The number of aromatic nitrogens is 2. The molecule has 1 unspecified atom stereocenters. The van der Waals surface area contributed by atoms with E-state index in [2.05, 4.69) is 27.9 Å². The van der Waals surface area contributed by atoms with Crippen molar-refractivity contribution < 1.29 is 4.74 Å². The fraction of sp³-hybridized carbons (Fsp3) is 0.615. The highest BCUT2D eigenvalue weighted by Gasteiger charge is 2.32. The summed E-state index contributed by atoms with van der Waals surface area (Å²) < 4.78 is 5.55. The van der Waals surface area contributed by atoms with Crippen molar-refractivity contribution in [1.29, 1.82) is 5.26 Å². The molecule has 0 aromatic carbocycles. The normalized spacial score (nSPS) is 23.8. The zero-order chi connectivity index (χ0) is 13.2. The summed E-state index contributed by atoms with van der Waals surface area (Å²) in [5.74, 6) is 0.634. The third-order valence-electron chi connectivity index (χ3n) is 3.39. The number of nitrogens with zero attached hydrogens (tertiary/aromatic N) is 4. The lowest BCUT2D eigenvalue weighted by atomic mass is 9.95. The molecule has 1 atom stereocenters. The van der Waals surface area contributed by atoms with Crippen LogP contribution in [0, 0.1) is 18.3 Å². The lowest BCUT2D eigenvalue weighted by molar-refractivity contribution is -0.00499. The van der Waals surface area contributed by atoms with Gasteiger partial charge in [0.25, 0.3) is 0 Å². The summed E-state index contributed by atoms with van der Waals surface area (Å²) >= 11 is 0. The molecule has 1 aromatic heterocycles. The van der Waals surface area contributed by atoms with Gasteiger partial charge in [0.05, 0.1) is 5.60 Å². The van der Waals surface area contributed by atoms with Gasteiger partial charge in [0.2, 0.25) is 5.95 Å². The minimum absolute atomic E-state index is 0.155. The summed E-state index contributed by atoms with van der Waals surface area (Å²) in [4.78, 5) is 10.8. The van der Waals surface area contributed by atoms with Crippen LogP contribution < -0.4 is 4.90 Å². The number of nitriles is 1. The van der Waals surface area contributed by atoms with Gasteiger partial charge in [0.15, 0.2) is 0 Å². The Hall–Kier alpha value is -1.67. The second kappa shape index (κ2) is 4.91. The van der Waals surface area contributed by atoms with Crippen molar-refractivity contribution >= 4 is 5.95 Å². The van der Waals surface area contributed by atoms with Crippen molar-refractivity contribution in [2.24, 2.45) is 0 Å². The Morgan fingerprint density at radius 2 is 2.28 bits per heavy atom. The first-order chi connectivity index (χ1) is 8.56. The molecule has 0 N–H and O–H groups in total. The van der Waals surface area contributed by atoms with E-state index in [1.807, 2.05) is 6.92 Å². The predicted molar refractivity (Wildman–Crippen MR) is 68.3 cm³/mol. The van der Waals surface area contributed by atoms with E-state index < -0.39 is 0 Å². The molecule has 0 amide bonds. The van der Waals surface area contributed by atoms with E-state index in [1.54, 1.807) is 13.2 Å². The highest BCUT2D eigenvalue weighted by molar-refractivity contribution is 5.37. The van der Waals surface area contributed by atoms with E-state index >= 15 is 0 Å². The van der Waals surface area contributed by atoms with Crippen LogP contribution in [0.2, 0.25) is 0 Å². The Balaban J connectivity index is 2.26. The van der Waals surface area contributed by atoms with Gasteiger partial charge < -0.3 is 9.64 Å². The van der Waals surface area contributed by atoms with Gasteiger partial charge in [-0.1, -0.05) is 0 Å². The molecule has 2 rings (SSSR count). The van der Waals surface area contributed by atoms with E-state index in [4.69, 9.17) is 10.00 Å². The smallest absolute Gasteiger partial charge is 0.226 e. The molecule has 1 saturated heterocycles. The van der Waals surface area contributed by atoms with Crippen molar-refractivity contribution in [3.63, 3.8) is 0 Å². The monoisotopic (exact) mass is 246 g/mol. The van der Waals surface area contributed by atoms with E-state index in [0.29, 0.717) is 11.6 Å². The van der Waals surface area contributed by atoms with Gasteiger partial charge in [-0.05, 0) is 32.8 Å². The van der Waals surface area contributed by atoms with Crippen LogP contribution in [0.1, 0.15) is 31.2 Å². The Morgan fingerprint density at radius 3 is 2.94 bits per heavy atom. The second-order valence-corrected chi connectivity index (χ2v) is 4.99. The van der Waals surface area contributed by atoms with Crippen LogP contribution >= 0.6 is 0 Å². The number of anilines is 1. The molecule has 1 aliphatic heterocycles. The molecule has 0 radical (unpaired) electrons. The van der Waals surface area contributed by atoms with Crippen LogP contribution in [0.5, 0.6) is 0 Å². The van der Waals surface area contributed by atoms with Crippen LogP contribution in [0.3, 0.4) is 0 Å². The van der Waals surface area contributed by atoms with Crippen molar-refractivity contribution in [2.75, 3.05) is 25.1 Å². The Kier molecular flexibility index (Phi) is 3.48. The van der Waals surface area contributed by atoms with Gasteiger partial charge in [-0.2, -0.15) is 5.26 Å². The molecule has 5 nitrogen and oxygen atoms in total. The first-order valence-corrected chi connectivity index (χ1v) is 6.12. The van der Waals surface area contributed by atoms with Gasteiger partial charge in [-0.3, -0.25) is 0 Å². The molecular formula is C13H18N4O. The van der Waals surface area contributed by atoms with Crippen LogP contribution in [-0.2, 0) is 4.74 Å². The molecule has 0 aliphatic carbocycles. The SMILES string of the molecule is COC1(C)CCCN(c2nc(C)cc(C#N)n2)C1. The standard InChI is InChI=1S/C13H18N4O/c1-10-7-11(8-14)16-12(15-10)17-6-4-5-13(2,9-17)18-3/h7H,4-6,9H2,1-3H3. The molecule has 0 spiro atoms. The van der Waals surface area contributed by atoms with E-state index in [1.165, 1.54) is 0 Å². The minimum Gasteiger partial charge on any atom is -0.377 e. The maximum atomic E-state index is 8.95. The molecule has 5 heteroatoms. The first-order valence-electron chi connectivity index (χ1n) is 6.12. The number of hydrogen-bond donors (Lipinski definition) is 0. The number of hydrogen-bond acceptors (Lipinski definition) is 5. The van der Waals surface area contributed by atoms with Gasteiger partial charge in [-0.25, -0.2) is 9.97 Å². The van der Waals surface area contributed by atoms with E-state index in [9.17, 15) is 0 Å². The van der Waals surface area contributed by atoms with Crippen molar-refractivity contribution in [3.8, 4) is 6.07 Å². The maximum absolute atomic E-state index is 8.95. The molecule has 96 valence electrons. The number of rotatable bonds is 2. The average Bonchev–Trinajstić information content (AvgIpc) is 2.38. The summed E-state index contributed by atoms with van der Waals surface area (Å²) in [6.07, 6.45) is 2.08. The van der Waals surface area contributed by atoms with E-state index in [0.717, 1.165) is 31.6 Å². The van der Waals surface area contributed by atoms with Gasteiger partial charge in [-0.15, -0.1) is 0 Å².